The molecule has 2 aromatic carbocycles. The predicted octanol–water partition coefficient (Wildman–Crippen LogP) is 4.67. The summed E-state index contributed by atoms with van der Waals surface area (Å²) in [5.41, 5.74) is 3.56. The first kappa shape index (κ1) is 15.8. The molecule has 5 nitrogen and oxygen atoms in total. The summed E-state index contributed by atoms with van der Waals surface area (Å²) in [7, 11) is 0. The highest BCUT2D eigenvalue weighted by Crippen LogP contribution is 2.27. The van der Waals surface area contributed by atoms with E-state index < -0.39 is 0 Å². The van der Waals surface area contributed by atoms with Gasteiger partial charge in [0, 0.05) is 21.5 Å². The van der Waals surface area contributed by atoms with E-state index in [1.165, 1.54) is 11.3 Å². The van der Waals surface area contributed by atoms with Gasteiger partial charge in [-0.2, -0.15) is 4.98 Å². The van der Waals surface area contributed by atoms with Crippen molar-refractivity contribution in [1.29, 1.82) is 0 Å². The highest BCUT2D eigenvalue weighted by Gasteiger charge is 2.14. The van der Waals surface area contributed by atoms with Gasteiger partial charge in [0.25, 0.3) is 11.9 Å². The van der Waals surface area contributed by atoms with Crippen LogP contribution in [0.3, 0.4) is 0 Å². The Morgan fingerprint density at radius 3 is 2.56 bits per heavy atom. The SMILES string of the molecule is Cc1ccc(C(=O)Nc2nc3scc(-c4ccc(Cl)cc4)n3n2)cc1. The van der Waals surface area contributed by atoms with E-state index in [4.69, 9.17) is 11.6 Å². The molecule has 2 aromatic heterocycles. The molecule has 0 atom stereocenters. The third-order valence-corrected chi connectivity index (χ3v) is 4.83. The van der Waals surface area contributed by atoms with Gasteiger partial charge in [0.15, 0.2) is 0 Å². The third kappa shape index (κ3) is 3.14. The zero-order valence-electron chi connectivity index (χ0n) is 13.2. The topological polar surface area (TPSA) is 59.3 Å². The molecule has 0 aliphatic rings. The number of carbonyl (C=O) groups is 1. The molecule has 1 N–H and O–H groups in total. The smallest absolute Gasteiger partial charge is 0.258 e. The number of fused-ring (bicyclic) bond motifs is 1. The predicted molar refractivity (Wildman–Crippen MR) is 100 cm³/mol. The molecule has 4 aromatic rings. The molecule has 0 radical (unpaired) electrons. The second-order valence-electron chi connectivity index (χ2n) is 5.58. The lowest BCUT2D eigenvalue weighted by Crippen LogP contribution is -2.13. The van der Waals surface area contributed by atoms with E-state index in [0.717, 1.165) is 16.8 Å². The highest BCUT2D eigenvalue weighted by atomic mass is 35.5. The molecule has 0 aliphatic heterocycles. The van der Waals surface area contributed by atoms with Crippen LogP contribution in [0.1, 0.15) is 15.9 Å². The fourth-order valence-electron chi connectivity index (χ4n) is 2.43. The van der Waals surface area contributed by atoms with E-state index in [1.54, 1.807) is 16.6 Å². The highest BCUT2D eigenvalue weighted by molar-refractivity contribution is 7.15. The summed E-state index contributed by atoms with van der Waals surface area (Å²) in [6.07, 6.45) is 0. The van der Waals surface area contributed by atoms with Crippen LogP contribution in [0.4, 0.5) is 5.95 Å². The van der Waals surface area contributed by atoms with E-state index in [2.05, 4.69) is 15.4 Å². The number of anilines is 1. The van der Waals surface area contributed by atoms with E-state index in [1.807, 2.05) is 48.7 Å². The fraction of sp³-hybridized carbons (Fsp3) is 0.0556. The van der Waals surface area contributed by atoms with Crippen molar-refractivity contribution in [2.45, 2.75) is 6.92 Å². The Bertz CT molecular complexity index is 1050. The maximum atomic E-state index is 12.3. The lowest BCUT2D eigenvalue weighted by Gasteiger charge is -2.01. The summed E-state index contributed by atoms with van der Waals surface area (Å²) in [5, 5.41) is 9.81. The first-order chi connectivity index (χ1) is 12.1. The van der Waals surface area contributed by atoms with Crippen LogP contribution >= 0.6 is 22.9 Å². The quantitative estimate of drug-likeness (QED) is 0.571. The molecule has 4 rings (SSSR count). The summed E-state index contributed by atoms with van der Waals surface area (Å²) in [5.74, 6) is 0.0546. The van der Waals surface area contributed by atoms with Crippen molar-refractivity contribution in [1.82, 2.24) is 14.6 Å². The Labute approximate surface area is 152 Å². The van der Waals surface area contributed by atoms with Crippen molar-refractivity contribution in [3.8, 4) is 11.3 Å². The molecule has 0 saturated carbocycles. The number of amides is 1. The van der Waals surface area contributed by atoms with Crippen molar-refractivity contribution >= 4 is 39.8 Å². The van der Waals surface area contributed by atoms with Gasteiger partial charge in [0.1, 0.15) is 0 Å². The van der Waals surface area contributed by atoms with Crippen LogP contribution in [0.25, 0.3) is 16.2 Å². The number of thiazole rings is 1. The van der Waals surface area contributed by atoms with Gasteiger partial charge < -0.3 is 0 Å². The van der Waals surface area contributed by atoms with Crippen molar-refractivity contribution in [2.24, 2.45) is 0 Å². The summed E-state index contributed by atoms with van der Waals surface area (Å²) in [6.45, 7) is 1.98. The standard InChI is InChI=1S/C18H13ClN4OS/c1-11-2-4-13(5-3-11)16(24)20-17-21-18-23(22-17)15(10-25-18)12-6-8-14(19)9-7-12/h2-10H,1H3,(H,20,22,24). The average Bonchev–Trinajstić information content (AvgIpc) is 3.16. The first-order valence-corrected chi connectivity index (χ1v) is 8.84. The maximum Gasteiger partial charge on any atom is 0.258 e. The van der Waals surface area contributed by atoms with E-state index in [-0.39, 0.29) is 11.9 Å². The Hall–Kier alpha value is -2.70. The molecule has 2 heterocycles. The average molecular weight is 369 g/mol. The molecule has 0 fully saturated rings. The van der Waals surface area contributed by atoms with Gasteiger partial charge in [-0.25, -0.2) is 4.52 Å². The zero-order chi connectivity index (χ0) is 17.4. The second kappa shape index (κ2) is 6.31. The van der Waals surface area contributed by atoms with Crippen molar-refractivity contribution in [3.05, 3.63) is 70.1 Å². The number of nitrogens with zero attached hydrogens (tertiary/aromatic N) is 3. The molecular formula is C18H13ClN4OS. The molecule has 0 bridgehead atoms. The largest absolute Gasteiger partial charge is 0.289 e. The minimum absolute atomic E-state index is 0.230. The molecular weight excluding hydrogens is 356 g/mol. The molecule has 0 spiro atoms. The van der Waals surface area contributed by atoms with Gasteiger partial charge in [0.2, 0.25) is 4.96 Å². The second-order valence-corrected chi connectivity index (χ2v) is 6.85. The van der Waals surface area contributed by atoms with E-state index >= 15 is 0 Å². The fourth-order valence-corrected chi connectivity index (χ4v) is 3.39. The molecule has 25 heavy (non-hydrogen) atoms. The van der Waals surface area contributed by atoms with E-state index in [9.17, 15) is 4.79 Å². The molecule has 1 amide bonds. The monoisotopic (exact) mass is 368 g/mol. The van der Waals surface area contributed by atoms with Crippen LogP contribution in [0.15, 0.2) is 53.9 Å². The number of rotatable bonds is 3. The molecule has 0 saturated heterocycles. The van der Waals surface area contributed by atoms with Crippen molar-refractivity contribution in [3.63, 3.8) is 0 Å². The number of carbonyl (C=O) groups excluding carboxylic acids is 1. The summed E-state index contributed by atoms with van der Waals surface area (Å²) in [4.78, 5) is 17.4. The van der Waals surface area contributed by atoms with Gasteiger partial charge in [0.05, 0.1) is 5.69 Å². The van der Waals surface area contributed by atoms with Crippen molar-refractivity contribution in [2.75, 3.05) is 5.32 Å². The minimum atomic E-state index is -0.230. The van der Waals surface area contributed by atoms with Crippen LogP contribution in [0.2, 0.25) is 5.02 Å². The Morgan fingerprint density at radius 2 is 1.84 bits per heavy atom. The first-order valence-electron chi connectivity index (χ1n) is 7.58. The number of nitrogens with one attached hydrogen (secondary N) is 1. The summed E-state index contributed by atoms with van der Waals surface area (Å²) in [6, 6.07) is 14.9. The number of hydrogen-bond donors (Lipinski definition) is 1. The van der Waals surface area contributed by atoms with Crippen molar-refractivity contribution < 1.29 is 4.79 Å². The van der Waals surface area contributed by atoms with Crippen LogP contribution in [0, 0.1) is 6.92 Å². The number of aromatic nitrogens is 3. The zero-order valence-corrected chi connectivity index (χ0v) is 14.8. The Balaban J connectivity index is 1.62. The molecule has 0 aliphatic carbocycles. The minimum Gasteiger partial charge on any atom is -0.289 e. The maximum absolute atomic E-state index is 12.3. The van der Waals surface area contributed by atoms with Crippen LogP contribution in [-0.4, -0.2) is 20.5 Å². The Morgan fingerprint density at radius 1 is 1.12 bits per heavy atom. The molecule has 7 heteroatoms. The van der Waals surface area contributed by atoms with Crippen LogP contribution in [0.5, 0.6) is 0 Å². The number of hydrogen-bond acceptors (Lipinski definition) is 4. The van der Waals surface area contributed by atoms with Crippen LogP contribution < -0.4 is 5.32 Å². The molecule has 0 unspecified atom stereocenters. The van der Waals surface area contributed by atoms with Gasteiger partial charge in [-0.05, 0) is 31.2 Å². The number of aryl methyl sites for hydroxylation is 1. The number of halogens is 1. The number of benzene rings is 2. The third-order valence-electron chi connectivity index (χ3n) is 3.76. The van der Waals surface area contributed by atoms with Gasteiger partial charge in [-0.1, -0.05) is 41.4 Å². The lowest BCUT2D eigenvalue weighted by molar-refractivity contribution is 0.102. The van der Waals surface area contributed by atoms with Gasteiger partial charge in [-0.15, -0.1) is 16.4 Å². The summed E-state index contributed by atoms with van der Waals surface area (Å²) < 4.78 is 1.72. The van der Waals surface area contributed by atoms with Gasteiger partial charge >= 0.3 is 0 Å². The van der Waals surface area contributed by atoms with Crippen LogP contribution in [-0.2, 0) is 0 Å². The normalized spacial score (nSPS) is 11.0. The summed E-state index contributed by atoms with van der Waals surface area (Å²) >= 11 is 7.40. The van der Waals surface area contributed by atoms with E-state index in [0.29, 0.717) is 15.5 Å². The lowest BCUT2D eigenvalue weighted by atomic mass is 10.1. The molecule has 124 valence electrons. The van der Waals surface area contributed by atoms with Gasteiger partial charge in [-0.3, -0.25) is 10.1 Å². The Kier molecular flexibility index (Phi) is 3.99.